The number of hydrogen-bond acceptors (Lipinski definition) is 2. The summed E-state index contributed by atoms with van der Waals surface area (Å²) in [4.78, 5) is 0. The fourth-order valence-corrected chi connectivity index (χ4v) is 1.19. The van der Waals surface area contributed by atoms with E-state index in [1.807, 2.05) is 20.0 Å². The average Bonchev–Trinajstić information content (AvgIpc) is 2.17. The van der Waals surface area contributed by atoms with E-state index in [0.29, 0.717) is 12.2 Å². The number of ether oxygens (including phenoxy) is 1. The van der Waals surface area contributed by atoms with E-state index >= 15 is 0 Å². The highest BCUT2D eigenvalue weighted by Crippen LogP contribution is 2.08. The number of halogens is 1. The number of nitrogens with one attached hydrogen (secondary N) is 1. The highest BCUT2D eigenvalue weighted by molar-refractivity contribution is 5.16. The second-order valence-electron chi connectivity index (χ2n) is 3.27. The molecule has 14 heavy (non-hydrogen) atoms. The minimum Gasteiger partial charge on any atom is -0.372 e. The van der Waals surface area contributed by atoms with Crippen LogP contribution in [0, 0.1) is 5.82 Å². The van der Waals surface area contributed by atoms with E-state index in [1.165, 1.54) is 6.07 Å². The van der Waals surface area contributed by atoms with Crippen LogP contribution in [0.2, 0.25) is 0 Å². The van der Waals surface area contributed by atoms with E-state index in [1.54, 1.807) is 12.1 Å². The van der Waals surface area contributed by atoms with Gasteiger partial charge in [0.05, 0.1) is 12.7 Å². The first-order valence-corrected chi connectivity index (χ1v) is 4.73. The molecule has 0 aromatic heterocycles. The van der Waals surface area contributed by atoms with Gasteiger partial charge in [-0.25, -0.2) is 4.39 Å². The van der Waals surface area contributed by atoms with Gasteiger partial charge in [-0.3, -0.25) is 0 Å². The maximum absolute atomic E-state index is 13.1. The van der Waals surface area contributed by atoms with Crippen molar-refractivity contribution in [3.8, 4) is 0 Å². The smallest absolute Gasteiger partial charge is 0.128 e. The first kappa shape index (κ1) is 11.1. The summed E-state index contributed by atoms with van der Waals surface area (Å²) >= 11 is 0. The predicted octanol–water partition coefficient (Wildman–Crippen LogP) is 1.95. The fraction of sp³-hybridized carbons (Fsp3) is 0.455. The van der Waals surface area contributed by atoms with Gasteiger partial charge in [0, 0.05) is 12.1 Å². The van der Waals surface area contributed by atoms with Gasteiger partial charge in [0.2, 0.25) is 0 Å². The van der Waals surface area contributed by atoms with Gasteiger partial charge < -0.3 is 10.1 Å². The van der Waals surface area contributed by atoms with Crippen molar-refractivity contribution in [3.63, 3.8) is 0 Å². The molecule has 1 atom stereocenters. The second-order valence-corrected chi connectivity index (χ2v) is 3.27. The third-order valence-electron chi connectivity index (χ3n) is 1.97. The zero-order valence-corrected chi connectivity index (χ0v) is 8.59. The van der Waals surface area contributed by atoms with Gasteiger partial charge in [-0.1, -0.05) is 18.2 Å². The Labute approximate surface area is 84.1 Å². The zero-order chi connectivity index (χ0) is 10.4. The lowest BCUT2D eigenvalue weighted by molar-refractivity contribution is 0.0528. The molecule has 3 heteroatoms. The van der Waals surface area contributed by atoms with E-state index in [0.717, 1.165) is 6.54 Å². The van der Waals surface area contributed by atoms with Crippen LogP contribution in [-0.2, 0) is 11.3 Å². The molecule has 0 radical (unpaired) electrons. The third-order valence-corrected chi connectivity index (χ3v) is 1.97. The SMILES string of the molecule is CNCC(C)OCc1ccccc1F. The molecule has 2 nitrogen and oxygen atoms in total. The molecular formula is C11H16FNO. The van der Waals surface area contributed by atoms with Crippen molar-refractivity contribution in [2.75, 3.05) is 13.6 Å². The number of benzene rings is 1. The highest BCUT2D eigenvalue weighted by Gasteiger charge is 2.04. The highest BCUT2D eigenvalue weighted by atomic mass is 19.1. The molecule has 0 aliphatic carbocycles. The first-order valence-electron chi connectivity index (χ1n) is 4.73. The average molecular weight is 197 g/mol. The summed E-state index contributed by atoms with van der Waals surface area (Å²) in [5.74, 6) is -0.204. The number of hydrogen-bond donors (Lipinski definition) is 1. The van der Waals surface area contributed by atoms with Gasteiger partial charge in [0.1, 0.15) is 5.82 Å². The molecule has 0 heterocycles. The van der Waals surface area contributed by atoms with Gasteiger partial charge in [-0.15, -0.1) is 0 Å². The van der Waals surface area contributed by atoms with E-state index in [9.17, 15) is 4.39 Å². The van der Waals surface area contributed by atoms with Crippen molar-refractivity contribution >= 4 is 0 Å². The Balaban J connectivity index is 2.41. The molecule has 0 amide bonds. The molecule has 1 aromatic carbocycles. The maximum Gasteiger partial charge on any atom is 0.128 e. The van der Waals surface area contributed by atoms with Crippen LogP contribution in [-0.4, -0.2) is 19.7 Å². The van der Waals surface area contributed by atoms with Crippen molar-refractivity contribution in [1.82, 2.24) is 5.32 Å². The number of likely N-dealkylation sites (N-methyl/N-ethyl adjacent to an activating group) is 1. The van der Waals surface area contributed by atoms with Crippen LogP contribution in [0.25, 0.3) is 0 Å². The quantitative estimate of drug-likeness (QED) is 0.779. The van der Waals surface area contributed by atoms with Crippen LogP contribution >= 0.6 is 0 Å². The van der Waals surface area contributed by atoms with E-state index in [-0.39, 0.29) is 11.9 Å². The minimum absolute atomic E-state index is 0.0969. The normalized spacial score (nSPS) is 12.8. The Hall–Kier alpha value is -0.930. The summed E-state index contributed by atoms with van der Waals surface area (Å²) in [6.07, 6.45) is 0.0969. The fourth-order valence-electron chi connectivity index (χ4n) is 1.19. The zero-order valence-electron chi connectivity index (χ0n) is 8.59. The lowest BCUT2D eigenvalue weighted by Gasteiger charge is -2.12. The Bertz CT molecular complexity index is 278. The maximum atomic E-state index is 13.1. The predicted molar refractivity (Wildman–Crippen MR) is 54.6 cm³/mol. The van der Waals surface area contributed by atoms with Crippen molar-refractivity contribution in [3.05, 3.63) is 35.6 Å². The molecule has 0 bridgehead atoms. The van der Waals surface area contributed by atoms with Gasteiger partial charge in [0.25, 0.3) is 0 Å². The molecule has 1 unspecified atom stereocenters. The van der Waals surface area contributed by atoms with Gasteiger partial charge >= 0.3 is 0 Å². The van der Waals surface area contributed by atoms with Crippen LogP contribution in [0.5, 0.6) is 0 Å². The lowest BCUT2D eigenvalue weighted by Crippen LogP contribution is -2.23. The van der Waals surface area contributed by atoms with E-state index < -0.39 is 0 Å². The monoisotopic (exact) mass is 197 g/mol. The van der Waals surface area contributed by atoms with Gasteiger partial charge in [0.15, 0.2) is 0 Å². The molecule has 0 aliphatic rings. The summed E-state index contributed by atoms with van der Waals surface area (Å²) in [6, 6.07) is 6.67. The summed E-state index contributed by atoms with van der Waals surface area (Å²) in [7, 11) is 1.86. The minimum atomic E-state index is -0.204. The van der Waals surface area contributed by atoms with Crippen molar-refractivity contribution in [2.24, 2.45) is 0 Å². The van der Waals surface area contributed by atoms with Crippen LogP contribution in [0.1, 0.15) is 12.5 Å². The van der Waals surface area contributed by atoms with Crippen molar-refractivity contribution < 1.29 is 9.13 Å². The van der Waals surface area contributed by atoms with Crippen LogP contribution in [0.4, 0.5) is 4.39 Å². The molecule has 0 spiro atoms. The molecular weight excluding hydrogens is 181 g/mol. The second kappa shape index (κ2) is 5.73. The number of rotatable bonds is 5. The largest absolute Gasteiger partial charge is 0.372 e. The third kappa shape index (κ3) is 3.44. The molecule has 0 saturated heterocycles. The van der Waals surface area contributed by atoms with Crippen LogP contribution < -0.4 is 5.32 Å². The summed E-state index contributed by atoms with van der Waals surface area (Å²) in [6.45, 7) is 3.06. The summed E-state index contributed by atoms with van der Waals surface area (Å²) in [5.41, 5.74) is 0.607. The molecule has 1 rings (SSSR count). The standard InChI is InChI=1S/C11H16FNO/c1-9(7-13-2)14-8-10-5-3-4-6-11(10)12/h3-6,9,13H,7-8H2,1-2H3. The lowest BCUT2D eigenvalue weighted by atomic mass is 10.2. The van der Waals surface area contributed by atoms with E-state index in [2.05, 4.69) is 5.32 Å². The van der Waals surface area contributed by atoms with Crippen LogP contribution in [0.3, 0.4) is 0 Å². The molecule has 0 saturated carbocycles. The topological polar surface area (TPSA) is 21.3 Å². The Morgan fingerprint density at radius 3 is 2.79 bits per heavy atom. The molecule has 0 aliphatic heterocycles. The van der Waals surface area contributed by atoms with E-state index in [4.69, 9.17) is 4.74 Å². The summed E-state index contributed by atoms with van der Waals surface area (Å²) in [5, 5.41) is 3.00. The first-order chi connectivity index (χ1) is 6.74. The van der Waals surface area contributed by atoms with Gasteiger partial charge in [-0.2, -0.15) is 0 Å². The molecule has 0 fully saturated rings. The molecule has 1 aromatic rings. The molecule has 78 valence electrons. The Morgan fingerprint density at radius 2 is 2.14 bits per heavy atom. The van der Waals surface area contributed by atoms with Crippen LogP contribution in [0.15, 0.2) is 24.3 Å². The van der Waals surface area contributed by atoms with Crippen molar-refractivity contribution in [2.45, 2.75) is 19.6 Å². The van der Waals surface area contributed by atoms with Gasteiger partial charge in [-0.05, 0) is 20.0 Å². The van der Waals surface area contributed by atoms with Crippen molar-refractivity contribution in [1.29, 1.82) is 0 Å². The summed E-state index contributed by atoms with van der Waals surface area (Å²) < 4.78 is 18.6. The molecule has 1 N–H and O–H groups in total. The Kier molecular flexibility index (Phi) is 4.56. The Morgan fingerprint density at radius 1 is 1.43 bits per heavy atom.